The third kappa shape index (κ3) is 8.88. The van der Waals surface area contributed by atoms with Crippen molar-refractivity contribution in [2.24, 2.45) is 10.8 Å². The van der Waals surface area contributed by atoms with E-state index in [0.717, 1.165) is 29.8 Å². The Hall–Kier alpha value is -3.54. The summed E-state index contributed by atoms with van der Waals surface area (Å²) in [4.78, 5) is 27.7. The Balaban J connectivity index is 1.60. The highest BCUT2D eigenvalue weighted by Crippen LogP contribution is 2.32. The normalized spacial score (nSPS) is 20.8. The lowest BCUT2D eigenvalue weighted by molar-refractivity contribution is -0.0550. The summed E-state index contributed by atoms with van der Waals surface area (Å²) in [6.07, 6.45) is 0.415. The van der Waals surface area contributed by atoms with Gasteiger partial charge in [0.25, 0.3) is 15.9 Å². The number of ether oxygens (including phenoxy) is 2. The fourth-order valence-electron chi connectivity index (χ4n) is 6.50. The number of benzene rings is 2. The summed E-state index contributed by atoms with van der Waals surface area (Å²) in [7, 11) is -4.15. The highest BCUT2D eigenvalue weighted by Gasteiger charge is 2.35. The second-order valence-electron chi connectivity index (χ2n) is 15.3. The van der Waals surface area contributed by atoms with Gasteiger partial charge in [0.1, 0.15) is 6.61 Å². The maximum absolute atomic E-state index is 14.5. The molecule has 0 radical (unpaired) electrons. The molecule has 2 aromatic carbocycles. The molecule has 47 heavy (non-hydrogen) atoms. The number of carbonyl (C=O) groups excluding carboxylic acids is 1. The molecule has 2 atom stereocenters. The zero-order valence-electron chi connectivity index (χ0n) is 29.0. The van der Waals surface area contributed by atoms with Gasteiger partial charge in [-0.05, 0) is 60.4 Å². The molecule has 0 aliphatic carbocycles. The lowest BCUT2D eigenvalue weighted by Crippen LogP contribution is -2.54. The van der Waals surface area contributed by atoms with Crippen LogP contribution in [0.5, 0.6) is 5.88 Å². The SMILES string of the molecule is Cc1cccc(C)c1-c1cc2nc(n1)NS(=O)(=O)c1cccc(c1)C(=O)N(C[C@@H]1CN(CC(C)(C)C)CCO1)[C@H](CC(C)(C)C)CO2. The van der Waals surface area contributed by atoms with Gasteiger partial charge in [-0.3, -0.25) is 9.69 Å². The van der Waals surface area contributed by atoms with E-state index >= 15 is 0 Å². The highest BCUT2D eigenvalue weighted by atomic mass is 32.2. The van der Waals surface area contributed by atoms with Gasteiger partial charge < -0.3 is 14.4 Å². The number of amides is 1. The van der Waals surface area contributed by atoms with Crippen LogP contribution in [0.4, 0.5) is 5.95 Å². The van der Waals surface area contributed by atoms with E-state index in [4.69, 9.17) is 9.47 Å². The molecule has 10 nitrogen and oxygen atoms in total. The zero-order valence-corrected chi connectivity index (χ0v) is 29.8. The Morgan fingerprint density at radius 3 is 2.34 bits per heavy atom. The first-order valence-electron chi connectivity index (χ1n) is 16.3. The van der Waals surface area contributed by atoms with Crippen LogP contribution in [-0.4, -0.2) is 85.6 Å². The number of hydrogen-bond donors (Lipinski definition) is 1. The van der Waals surface area contributed by atoms with E-state index in [1.165, 1.54) is 12.1 Å². The lowest BCUT2D eigenvalue weighted by Gasteiger charge is -2.41. The number of aryl methyl sites for hydroxylation is 2. The number of nitrogens with zero attached hydrogens (tertiary/aromatic N) is 4. The fourth-order valence-corrected chi connectivity index (χ4v) is 7.49. The molecule has 1 amide bonds. The summed E-state index contributed by atoms with van der Waals surface area (Å²) in [6, 6.07) is 13.5. The van der Waals surface area contributed by atoms with E-state index in [1.807, 2.05) is 36.9 Å². The number of fused-ring (bicyclic) bond motifs is 4. The molecule has 11 heteroatoms. The van der Waals surface area contributed by atoms with E-state index in [1.54, 1.807) is 18.2 Å². The molecule has 254 valence electrons. The maximum atomic E-state index is 14.5. The van der Waals surface area contributed by atoms with Crippen molar-refractivity contribution in [1.82, 2.24) is 19.8 Å². The van der Waals surface area contributed by atoms with Gasteiger partial charge in [0.05, 0.1) is 29.3 Å². The standard InChI is InChI=1S/C36H49N5O5S/c1-24-11-9-12-25(2)32(24)30-18-31-38-34(37-30)39-47(43,44)29-14-10-13-26(17-29)33(42)41(27(22-46-31)19-35(3,4)5)21-28-20-40(15-16-45-28)23-36(6,7)8/h9-14,17-18,27-28H,15-16,19-23H2,1-8H3,(H,37,38,39)/t27-,28+/m1/s1. The second kappa shape index (κ2) is 13.5. The molecule has 5 rings (SSSR count). The van der Waals surface area contributed by atoms with Crippen molar-refractivity contribution >= 4 is 21.9 Å². The zero-order chi connectivity index (χ0) is 34.1. The Labute approximate surface area is 279 Å². The molecular weight excluding hydrogens is 614 g/mol. The number of morpholine rings is 1. The van der Waals surface area contributed by atoms with E-state index in [9.17, 15) is 13.2 Å². The first kappa shape index (κ1) is 34.8. The minimum atomic E-state index is -4.15. The molecule has 1 fully saturated rings. The van der Waals surface area contributed by atoms with Gasteiger partial charge in [-0.15, -0.1) is 0 Å². The smallest absolute Gasteiger partial charge is 0.264 e. The first-order valence-corrected chi connectivity index (χ1v) is 17.8. The van der Waals surface area contributed by atoms with E-state index in [2.05, 4.69) is 61.1 Å². The molecule has 0 spiro atoms. The fraction of sp³-hybridized carbons (Fsp3) is 0.528. The third-order valence-corrected chi connectivity index (χ3v) is 9.68. The molecule has 1 N–H and O–H groups in total. The Bertz CT molecular complexity index is 1690. The van der Waals surface area contributed by atoms with Crippen molar-refractivity contribution < 1.29 is 22.7 Å². The van der Waals surface area contributed by atoms with Crippen molar-refractivity contribution in [1.29, 1.82) is 0 Å². The summed E-state index contributed by atoms with van der Waals surface area (Å²) in [5, 5.41) is 0. The predicted molar refractivity (Wildman–Crippen MR) is 184 cm³/mol. The van der Waals surface area contributed by atoms with Crippen molar-refractivity contribution in [2.45, 2.75) is 78.9 Å². The van der Waals surface area contributed by atoms with Crippen LogP contribution in [0.2, 0.25) is 0 Å². The maximum Gasteiger partial charge on any atom is 0.264 e. The van der Waals surface area contributed by atoms with Crippen LogP contribution in [0, 0.1) is 24.7 Å². The molecule has 2 aliphatic rings. The van der Waals surface area contributed by atoms with Crippen molar-refractivity contribution in [2.75, 3.05) is 44.1 Å². The molecule has 0 unspecified atom stereocenters. The number of sulfonamides is 1. The van der Waals surface area contributed by atoms with E-state index in [-0.39, 0.29) is 57.8 Å². The molecule has 0 saturated carbocycles. The Morgan fingerprint density at radius 2 is 1.66 bits per heavy atom. The number of rotatable bonds is 5. The Morgan fingerprint density at radius 1 is 0.957 bits per heavy atom. The molecule has 3 aromatic rings. The van der Waals surface area contributed by atoms with Crippen LogP contribution in [0.3, 0.4) is 0 Å². The van der Waals surface area contributed by atoms with Gasteiger partial charge in [0, 0.05) is 43.4 Å². The number of carbonyl (C=O) groups is 1. The average molecular weight is 664 g/mol. The van der Waals surface area contributed by atoms with Gasteiger partial charge in [-0.1, -0.05) is 65.8 Å². The monoisotopic (exact) mass is 663 g/mol. The van der Waals surface area contributed by atoms with Gasteiger partial charge in [0.2, 0.25) is 11.8 Å². The summed E-state index contributed by atoms with van der Waals surface area (Å²) < 4.78 is 42.6. The third-order valence-electron chi connectivity index (χ3n) is 8.35. The van der Waals surface area contributed by atoms with Crippen LogP contribution in [0.1, 0.15) is 69.4 Å². The van der Waals surface area contributed by atoms with Crippen molar-refractivity contribution in [3.8, 4) is 17.1 Å². The predicted octanol–water partition coefficient (Wildman–Crippen LogP) is 5.95. The minimum Gasteiger partial charge on any atom is -0.475 e. The van der Waals surface area contributed by atoms with Gasteiger partial charge in [-0.25, -0.2) is 18.1 Å². The van der Waals surface area contributed by atoms with E-state index < -0.39 is 10.0 Å². The van der Waals surface area contributed by atoms with Crippen LogP contribution in [0.15, 0.2) is 53.4 Å². The van der Waals surface area contributed by atoms with Crippen LogP contribution >= 0.6 is 0 Å². The van der Waals surface area contributed by atoms with Crippen molar-refractivity contribution in [3.05, 3.63) is 65.2 Å². The van der Waals surface area contributed by atoms with Crippen molar-refractivity contribution in [3.63, 3.8) is 0 Å². The molecular formula is C36H49N5O5S. The number of aromatic nitrogens is 2. The first-order chi connectivity index (χ1) is 22.0. The van der Waals surface area contributed by atoms with Crippen LogP contribution in [-0.2, 0) is 14.8 Å². The minimum absolute atomic E-state index is 0.0521. The summed E-state index contributed by atoms with van der Waals surface area (Å²) in [5.41, 5.74) is 3.65. The lowest BCUT2D eigenvalue weighted by atomic mass is 9.87. The second-order valence-corrected chi connectivity index (χ2v) is 17.0. The van der Waals surface area contributed by atoms with E-state index in [0.29, 0.717) is 31.8 Å². The molecule has 2 aliphatic heterocycles. The van der Waals surface area contributed by atoms with Gasteiger partial charge in [-0.2, -0.15) is 4.98 Å². The van der Waals surface area contributed by atoms with Crippen LogP contribution in [0.25, 0.3) is 11.3 Å². The number of nitrogens with one attached hydrogen (secondary N) is 1. The highest BCUT2D eigenvalue weighted by molar-refractivity contribution is 7.92. The molecule has 1 saturated heterocycles. The number of anilines is 1. The summed E-state index contributed by atoms with van der Waals surface area (Å²) in [6.45, 7) is 20.5. The molecule has 1 aromatic heterocycles. The quantitative estimate of drug-likeness (QED) is 0.357. The largest absolute Gasteiger partial charge is 0.475 e. The average Bonchev–Trinajstić information content (AvgIpc) is 2.96. The van der Waals surface area contributed by atoms with Gasteiger partial charge >= 0.3 is 0 Å². The summed E-state index contributed by atoms with van der Waals surface area (Å²) in [5.74, 6) is -0.155. The van der Waals surface area contributed by atoms with Gasteiger partial charge in [0.15, 0.2) is 0 Å². The topological polar surface area (TPSA) is 114 Å². The molecule has 4 bridgehead atoms. The summed E-state index contributed by atoms with van der Waals surface area (Å²) >= 11 is 0. The number of hydrogen-bond acceptors (Lipinski definition) is 8. The Kier molecular flexibility index (Phi) is 10.0. The molecule has 3 heterocycles. The van der Waals surface area contributed by atoms with Crippen LogP contribution < -0.4 is 9.46 Å².